The number of amides is 1. The molecule has 0 saturated carbocycles. The molecular formula is C21H28N2O2. The summed E-state index contributed by atoms with van der Waals surface area (Å²) in [5, 5.41) is 2.91. The second-order valence-electron chi connectivity index (χ2n) is 6.17. The Labute approximate surface area is 150 Å². The van der Waals surface area contributed by atoms with E-state index < -0.39 is 6.10 Å². The minimum absolute atomic E-state index is 0.153. The van der Waals surface area contributed by atoms with Crippen molar-refractivity contribution >= 4 is 11.6 Å². The highest BCUT2D eigenvalue weighted by Gasteiger charge is 2.15. The van der Waals surface area contributed by atoms with Crippen molar-refractivity contribution in [2.24, 2.45) is 0 Å². The number of benzene rings is 2. The minimum atomic E-state index is -0.559. The third kappa shape index (κ3) is 5.61. The van der Waals surface area contributed by atoms with Crippen LogP contribution in [0.25, 0.3) is 0 Å². The number of nitrogens with zero attached hydrogens (tertiary/aromatic N) is 1. The SMILES string of the molecule is CCN(CC)Cc1ccc(NC(=O)[C@H](C)Oc2ccccc2C)cc1. The van der Waals surface area contributed by atoms with E-state index in [4.69, 9.17) is 4.74 Å². The van der Waals surface area contributed by atoms with E-state index in [1.54, 1.807) is 6.92 Å². The molecule has 0 radical (unpaired) electrons. The third-order valence-corrected chi connectivity index (χ3v) is 4.29. The van der Waals surface area contributed by atoms with Gasteiger partial charge in [0.15, 0.2) is 6.10 Å². The smallest absolute Gasteiger partial charge is 0.265 e. The number of para-hydroxylation sites is 1. The van der Waals surface area contributed by atoms with Crippen LogP contribution in [-0.4, -0.2) is 30.0 Å². The predicted octanol–water partition coefficient (Wildman–Crippen LogP) is 4.24. The number of nitrogens with one attached hydrogen (secondary N) is 1. The number of aryl methyl sites for hydroxylation is 1. The zero-order valence-corrected chi connectivity index (χ0v) is 15.6. The molecule has 2 rings (SSSR count). The van der Waals surface area contributed by atoms with Gasteiger partial charge in [0, 0.05) is 12.2 Å². The molecule has 0 spiro atoms. The lowest BCUT2D eigenvalue weighted by molar-refractivity contribution is -0.122. The monoisotopic (exact) mass is 340 g/mol. The van der Waals surface area contributed by atoms with Crippen LogP contribution >= 0.6 is 0 Å². The van der Waals surface area contributed by atoms with Crippen molar-refractivity contribution in [1.29, 1.82) is 0 Å². The first-order chi connectivity index (χ1) is 12.0. The van der Waals surface area contributed by atoms with E-state index in [-0.39, 0.29) is 5.91 Å². The lowest BCUT2D eigenvalue weighted by atomic mass is 10.2. The summed E-state index contributed by atoms with van der Waals surface area (Å²) in [7, 11) is 0. The summed E-state index contributed by atoms with van der Waals surface area (Å²) in [5.41, 5.74) is 3.04. The van der Waals surface area contributed by atoms with E-state index in [1.165, 1.54) is 5.56 Å². The van der Waals surface area contributed by atoms with Crippen LogP contribution in [0.1, 0.15) is 31.9 Å². The fourth-order valence-electron chi connectivity index (χ4n) is 2.58. The Morgan fingerprint density at radius 1 is 1.08 bits per heavy atom. The molecule has 25 heavy (non-hydrogen) atoms. The van der Waals surface area contributed by atoms with Crippen molar-refractivity contribution in [2.75, 3.05) is 18.4 Å². The minimum Gasteiger partial charge on any atom is -0.481 e. The van der Waals surface area contributed by atoms with E-state index in [9.17, 15) is 4.79 Å². The summed E-state index contributed by atoms with van der Waals surface area (Å²) in [6.07, 6.45) is -0.559. The summed E-state index contributed by atoms with van der Waals surface area (Å²) in [5.74, 6) is 0.583. The van der Waals surface area contributed by atoms with Crippen LogP contribution in [0.3, 0.4) is 0 Å². The molecule has 1 amide bonds. The van der Waals surface area contributed by atoms with E-state index in [0.29, 0.717) is 0 Å². The molecule has 0 bridgehead atoms. The lowest BCUT2D eigenvalue weighted by Gasteiger charge is -2.18. The van der Waals surface area contributed by atoms with Gasteiger partial charge in [-0.25, -0.2) is 0 Å². The molecule has 0 heterocycles. The van der Waals surface area contributed by atoms with E-state index >= 15 is 0 Å². The summed E-state index contributed by atoms with van der Waals surface area (Å²) in [6, 6.07) is 15.7. The lowest BCUT2D eigenvalue weighted by Crippen LogP contribution is -2.30. The van der Waals surface area contributed by atoms with Gasteiger partial charge in [-0.15, -0.1) is 0 Å². The summed E-state index contributed by atoms with van der Waals surface area (Å²) in [6.45, 7) is 11.0. The van der Waals surface area contributed by atoms with Gasteiger partial charge >= 0.3 is 0 Å². The van der Waals surface area contributed by atoms with Gasteiger partial charge in [-0.1, -0.05) is 44.2 Å². The van der Waals surface area contributed by atoms with Gasteiger partial charge in [-0.2, -0.15) is 0 Å². The van der Waals surface area contributed by atoms with Crippen molar-refractivity contribution in [2.45, 2.75) is 40.3 Å². The summed E-state index contributed by atoms with van der Waals surface area (Å²) < 4.78 is 5.77. The highest BCUT2D eigenvalue weighted by molar-refractivity contribution is 5.94. The molecule has 134 valence electrons. The average Bonchev–Trinajstić information content (AvgIpc) is 2.62. The maximum absolute atomic E-state index is 12.3. The quantitative estimate of drug-likeness (QED) is 0.781. The van der Waals surface area contributed by atoms with Crippen LogP contribution in [0.4, 0.5) is 5.69 Å². The molecule has 0 unspecified atom stereocenters. The van der Waals surface area contributed by atoms with Crippen LogP contribution in [0.15, 0.2) is 48.5 Å². The molecule has 0 saturated heterocycles. The van der Waals surface area contributed by atoms with Gasteiger partial charge in [-0.05, 0) is 56.3 Å². The number of carbonyl (C=O) groups excluding carboxylic acids is 1. The van der Waals surface area contributed by atoms with Gasteiger partial charge in [0.25, 0.3) is 5.91 Å². The molecule has 0 aliphatic rings. The average molecular weight is 340 g/mol. The van der Waals surface area contributed by atoms with Crippen molar-refractivity contribution in [3.05, 3.63) is 59.7 Å². The largest absolute Gasteiger partial charge is 0.481 e. The first-order valence-electron chi connectivity index (χ1n) is 8.88. The van der Waals surface area contributed by atoms with Crippen molar-refractivity contribution in [3.8, 4) is 5.75 Å². The van der Waals surface area contributed by atoms with Crippen molar-refractivity contribution < 1.29 is 9.53 Å². The topological polar surface area (TPSA) is 41.6 Å². The first kappa shape index (κ1) is 19.0. The molecule has 4 heteroatoms. The molecular weight excluding hydrogens is 312 g/mol. The molecule has 4 nitrogen and oxygen atoms in total. The number of rotatable bonds is 8. The zero-order valence-electron chi connectivity index (χ0n) is 15.6. The highest BCUT2D eigenvalue weighted by Crippen LogP contribution is 2.18. The Balaban J connectivity index is 1.92. The Bertz CT molecular complexity index is 679. The van der Waals surface area contributed by atoms with Crippen LogP contribution in [-0.2, 0) is 11.3 Å². The summed E-state index contributed by atoms with van der Waals surface area (Å²) >= 11 is 0. The zero-order chi connectivity index (χ0) is 18.2. The van der Waals surface area contributed by atoms with Gasteiger partial charge in [0.1, 0.15) is 5.75 Å². The van der Waals surface area contributed by atoms with Gasteiger partial charge in [-0.3, -0.25) is 9.69 Å². The van der Waals surface area contributed by atoms with Crippen LogP contribution in [0, 0.1) is 6.92 Å². The second-order valence-corrected chi connectivity index (χ2v) is 6.17. The fraction of sp³-hybridized carbons (Fsp3) is 0.381. The molecule has 1 atom stereocenters. The number of hydrogen-bond acceptors (Lipinski definition) is 3. The molecule has 0 fully saturated rings. The highest BCUT2D eigenvalue weighted by atomic mass is 16.5. The van der Waals surface area contributed by atoms with Crippen LogP contribution < -0.4 is 10.1 Å². The van der Waals surface area contributed by atoms with E-state index in [1.807, 2.05) is 43.3 Å². The predicted molar refractivity (Wildman–Crippen MR) is 103 cm³/mol. The van der Waals surface area contributed by atoms with Crippen LogP contribution in [0.5, 0.6) is 5.75 Å². The molecule has 0 aliphatic heterocycles. The Kier molecular flexibility index (Phi) is 7.02. The molecule has 2 aromatic carbocycles. The Hall–Kier alpha value is -2.33. The van der Waals surface area contributed by atoms with E-state index in [2.05, 4.69) is 36.2 Å². The van der Waals surface area contributed by atoms with Crippen molar-refractivity contribution in [3.63, 3.8) is 0 Å². The van der Waals surface area contributed by atoms with Crippen molar-refractivity contribution in [1.82, 2.24) is 4.90 Å². The summed E-state index contributed by atoms with van der Waals surface area (Å²) in [4.78, 5) is 14.7. The van der Waals surface area contributed by atoms with Gasteiger partial charge < -0.3 is 10.1 Å². The number of carbonyl (C=O) groups is 1. The fourth-order valence-corrected chi connectivity index (χ4v) is 2.58. The Morgan fingerprint density at radius 3 is 2.32 bits per heavy atom. The standard InChI is InChI=1S/C21H28N2O2/c1-5-23(6-2)15-18-11-13-19(14-12-18)22-21(24)17(4)25-20-10-8-7-9-16(20)3/h7-14,17H,5-6,15H2,1-4H3,(H,22,24)/t17-/m0/s1. The normalized spacial score (nSPS) is 12.0. The molecule has 1 N–H and O–H groups in total. The maximum Gasteiger partial charge on any atom is 0.265 e. The second kappa shape index (κ2) is 9.23. The number of ether oxygens (including phenoxy) is 1. The number of hydrogen-bond donors (Lipinski definition) is 1. The first-order valence-corrected chi connectivity index (χ1v) is 8.88. The van der Waals surface area contributed by atoms with Gasteiger partial charge in [0.05, 0.1) is 0 Å². The third-order valence-electron chi connectivity index (χ3n) is 4.29. The Morgan fingerprint density at radius 2 is 1.72 bits per heavy atom. The van der Waals surface area contributed by atoms with Crippen LogP contribution in [0.2, 0.25) is 0 Å². The number of anilines is 1. The molecule has 0 aliphatic carbocycles. The van der Waals surface area contributed by atoms with Gasteiger partial charge in [0.2, 0.25) is 0 Å². The molecule has 2 aromatic rings. The molecule has 0 aromatic heterocycles. The maximum atomic E-state index is 12.3. The van der Waals surface area contributed by atoms with E-state index in [0.717, 1.165) is 36.6 Å².